The highest BCUT2D eigenvalue weighted by Gasteiger charge is 2.39. The molecule has 3 heteroatoms. The topological polar surface area (TPSA) is 33.1 Å². The number of halogens is 1. The molecule has 1 saturated carbocycles. The molecule has 2 nitrogen and oxygen atoms in total. The Hall–Kier alpha value is -0.960. The molecule has 0 saturated heterocycles. The van der Waals surface area contributed by atoms with E-state index in [0.717, 1.165) is 6.42 Å². The van der Waals surface area contributed by atoms with Crippen molar-refractivity contribution in [3.8, 4) is 0 Å². The van der Waals surface area contributed by atoms with Crippen LogP contribution in [0.1, 0.15) is 25.0 Å². The Morgan fingerprint density at radius 1 is 1.50 bits per heavy atom. The summed E-state index contributed by atoms with van der Waals surface area (Å²) in [7, 11) is 0. The monoisotopic (exact) mass is 167 g/mol. The minimum Gasteiger partial charge on any atom is -0.383 e. The van der Waals surface area contributed by atoms with Crippen molar-refractivity contribution in [3.05, 3.63) is 29.8 Å². The summed E-state index contributed by atoms with van der Waals surface area (Å²) in [5.41, 5.74) is -0.776. The van der Waals surface area contributed by atoms with Crippen LogP contribution >= 0.6 is 0 Å². The van der Waals surface area contributed by atoms with E-state index in [1.807, 2.05) is 0 Å². The van der Waals surface area contributed by atoms with Gasteiger partial charge < -0.3 is 5.11 Å². The molecule has 1 aromatic heterocycles. The molecule has 0 aliphatic heterocycles. The van der Waals surface area contributed by atoms with Crippen molar-refractivity contribution in [2.24, 2.45) is 0 Å². The molecule has 0 amide bonds. The molecule has 1 fully saturated rings. The maximum atomic E-state index is 13.1. The minimum atomic E-state index is -0.981. The highest BCUT2D eigenvalue weighted by molar-refractivity contribution is 5.17. The second-order valence-corrected chi connectivity index (χ2v) is 3.22. The molecule has 0 spiro atoms. The maximum absolute atomic E-state index is 13.1. The van der Waals surface area contributed by atoms with Gasteiger partial charge in [-0.05, 0) is 31.4 Å². The van der Waals surface area contributed by atoms with Gasteiger partial charge in [-0.1, -0.05) is 0 Å². The fourth-order valence-corrected chi connectivity index (χ4v) is 1.48. The van der Waals surface area contributed by atoms with Gasteiger partial charge in [0, 0.05) is 6.20 Å². The molecule has 0 unspecified atom stereocenters. The van der Waals surface area contributed by atoms with Crippen LogP contribution in [-0.2, 0) is 5.60 Å². The van der Waals surface area contributed by atoms with Crippen molar-refractivity contribution in [1.29, 1.82) is 0 Å². The molecule has 2 rings (SSSR count). The molecule has 64 valence electrons. The SMILES string of the molecule is OC1(c2ncccc2F)CCC1. The van der Waals surface area contributed by atoms with Crippen molar-refractivity contribution < 1.29 is 9.50 Å². The molecule has 1 heterocycles. The summed E-state index contributed by atoms with van der Waals surface area (Å²) in [4.78, 5) is 3.85. The van der Waals surface area contributed by atoms with E-state index in [2.05, 4.69) is 4.98 Å². The minimum absolute atomic E-state index is 0.205. The Morgan fingerprint density at radius 2 is 2.25 bits per heavy atom. The molecule has 0 atom stereocenters. The lowest BCUT2D eigenvalue weighted by Gasteiger charge is -2.35. The number of hydrogen-bond acceptors (Lipinski definition) is 2. The van der Waals surface area contributed by atoms with Crippen LogP contribution in [0.25, 0.3) is 0 Å². The van der Waals surface area contributed by atoms with Crippen molar-refractivity contribution in [3.63, 3.8) is 0 Å². The van der Waals surface area contributed by atoms with Gasteiger partial charge in [-0.2, -0.15) is 0 Å². The predicted molar refractivity (Wildman–Crippen MR) is 41.9 cm³/mol. The Bertz CT molecular complexity index is 296. The maximum Gasteiger partial charge on any atom is 0.147 e. The van der Waals surface area contributed by atoms with Crippen LogP contribution in [0.2, 0.25) is 0 Å². The van der Waals surface area contributed by atoms with Gasteiger partial charge in [-0.25, -0.2) is 4.39 Å². The van der Waals surface area contributed by atoms with E-state index in [9.17, 15) is 9.50 Å². The molecule has 1 aliphatic carbocycles. The van der Waals surface area contributed by atoms with Gasteiger partial charge in [-0.15, -0.1) is 0 Å². The largest absolute Gasteiger partial charge is 0.383 e. The summed E-state index contributed by atoms with van der Waals surface area (Å²) in [5, 5.41) is 9.76. The van der Waals surface area contributed by atoms with Crippen molar-refractivity contribution in [2.75, 3.05) is 0 Å². The number of hydrogen-bond donors (Lipinski definition) is 1. The summed E-state index contributed by atoms with van der Waals surface area (Å²) < 4.78 is 13.1. The van der Waals surface area contributed by atoms with E-state index in [0.29, 0.717) is 12.8 Å². The lowest BCUT2D eigenvalue weighted by molar-refractivity contribution is -0.0456. The number of nitrogens with zero attached hydrogens (tertiary/aromatic N) is 1. The highest BCUT2D eigenvalue weighted by atomic mass is 19.1. The first kappa shape index (κ1) is 7.68. The fraction of sp³-hybridized carbons (Fsp3) is 0.444. The van der Waals surface area contributed by atoms with Crippen LogP contribution in [-0.4, -0.2) is 10.1 Å². The summed E-state index contributed by atoms with van der Waals surface area (Å²) in [6, 6.07) is 2.86. The van der Waals surface area contributed by atoms with Gasteiger partial charge in [0.05, 0.1) is 0 Å². The zero-order valence-corrected chi connectivity index (χ0v) is 6.63. The van der Waals surface area contributed by atoms with E-state index in [1.54, 1.807) is 0 Å². The van der Waals surface area contributed by atoms with Gasteiger partial charge in [0.25, 0.3) is 0 Å². The summed E-state index contributed by atoms with van der Waals surface area (Å²) >= 11 is 0. The molecule has 1 aliphatic rings. The zero-order chi connectivity index (χ0) is 8.60. The molecule has 0 aromatic carbocycles. The smallest absolute Gasteiger partial charge is 0.147 e. The van der Waals surface area contributed by atoms with Crippen LogP contribution in [0, 0.1) is 5.82 Å². The van der Waals surface area contributed by atoms with Crippen LogP contribution < -0.4 is 0 Å². The molecule has 12 heavy (non-hydrogen) atoms. The fourth-order valence-electron chi connectivity index (χ4n) is 1.48. The van der Waals surface area contributed by atoms with Crippen molar-refractivity contribution in [2.45, 2.75) is 24.9 Å². The first-order chi connectivity index (χ1) is 5.72. The lowest BCUT2D eigenvalue weighted by Crippen LogP contribution is -2.35. The first-order valence-corrected chi connectivity index (χ1v) is 4.06. The molecular weight excluding hydrogens is 157 g/mol. The zero-order valence-electron chi connectivity index (χ0n) is 6.63. The summed E-state index contributed by atoms with van der Waals surface area (Å²) in [6.45, 7) is 0. The Labute approximate surface area is 70.1 Å². The van der Waals surface area contributed by atoms with E-state index in [1.165, 1.54) is 18.3 Å². The number of pyridine rings is 1. The second-order valence-electron chi connectivity index (χ2n) is 3.22. The average molecular weight is 167 g/mol. The first-order valence-electron chi connectivity index (χ1n) is 4.06. The van der Waals surface area contributed by atoms with Gasteiger partial charge in [0.15, 0.2) is 0 Å². The highest BCUT2D eigenvalue weighted by Crippen LogP contribution is 2.40. The van der Waals surface area contributed by atoms with Gasteiger partial charge in [0.1, 0.15) is 17.1 Å². The Kier molecular flexibility index (Phi) is 1.61. The van der Waals surface area contributed by atoms with E-state index in [-0.39, 0.29) is 5.69 Å². The molecule has 1 aromatic rings. The standard InChI is InChI=1S/C9H10FNO/c10-7-3-1-6-11-8(7)9(12)4-2-5-9/h1,3,6,12H,2,4-5H2. The van der Waals surface area contributed by atoms with Crippen LogP contribution in [0.5, 0.6) is 0 Å². The summed E-state index contributed by atoms with van der Waals surface area (Å²) in [6.07, 6.45) is 3.71. The molecular formula is C9H10FNO. The average Bonchev–Trinajstić information content (AvgIpc) is 2.01. The third-order valence-corrected chi connectivity index (χ3v) is 2.38. The molecule has 1 N–H and O–H groups in total. The Balaban J connectivity index is 2.39. The molecule has 0 bridgehead atoms. The van der Waals surface area contributed by atoms with Gasteiger partial charge in [0.2, 0.25) is 0 Å². The van der Waals surface area contributed by atoms with Gasteiger partial charge in [-0.3, -0.25) is 4.98 Å². The normalized spacial score (nSPS) is 20.2. The third kappa shape index (κ3) is 1.01. The Morgan fingerprint density at radius 3 is 2.75 bits per heavy atom. The van der Waals surface area contributed by atoms with Gasteiger partial charge >= 0.3 is 0 Å². The van der Waals surface area contributed by atoms with Crippen LogP contribution in [0.4, 0.5) is 4.39 Å². The number of aromatic nitrogens is 1. The lowest BCUT2D eigenvalue weighted by atomic mass is 9.77. The van der Waals surface area contributed by atoms with E-state index in [4.69, 9.17) is 0 Å². The van der Waals surface area contributed by atoms with E-state index >= 15 is 0 Å². The van der Waals surface area contributed by atoms with Crippen molar-refractivity contribution >= 4 is 0 Å². The van der Waals surface area contributed by atoms with E-state index < -0.39 is 11.4 Å². The summed E-state index contributed by atoms with van der Waals surface area (Å²) in [5.74, 6) is -0.403. The third-order valence-electron chi connectivity index (χ3n) is 2.38. The number of rotatable bonds is 1. The number of aliphatic hydroxyl groups is 1. The van der Waals surface area contributed by atoms with Crippen LogP contribution in [0.3, 0.4) is 0 Å². The van der Waals surface area contributed by atoms with Crippen LogP contribution in [0.15, 0.2) is 18.3 Å². The quantitative estimate of drug-likeness (QED) is 0.689. The predicted octanol–water partition coefficient (Wildman–Crippen LogP) is 1.59. The molecule has 0 radical (unpaired) electrons. The van der Waals surface area contributed by atoms with Crippen molar-refractivity contribution in [1.82, 2.24) is 4.98 Å². The second kappa shape index (κ2) is 2.52.